The van der Waals surface area contributed by atoms with E-state index in [1.165, 1.54) is 6.20 Å². The fourth-order valence-electron chi connectivity index (χ4n) is 2.58. The topological polar surface area (TPSA) is 99.1 Å². The molecule has 2 aromatic heterocycles. The molecule has 28 heavy (non-hydrogen) atoms. The predicted molar refractivity (Wildman–Crippen MR) is 110 cm³/mol. The number of nitrogens with two attached hydrogens (primary N) is 1. The zero-order chi connectivity index (χ0) is 20.1. The number of hydrogen-bond donors (Lipinski definition) is 2. The molecule has 0 saturated carbocycles. The van der Waals surface area contributed by atoms with E-state index in [1.807, 2.05) is 0 Å². The van der Waals surface area contributed by atoms with E-state index in [-0.39, 0.29) is 12.1 Å². The molecule has 4 rings (SSSR count). The van der Waals surface area contributed by atoms with Crippen molar-refractivity contribution in [2.45, 2.75) is 18.9 Å². The van der Waals surface area contributed by atoms with Crippen LogP contribution in [0.3, 0.4) is 0 Å². The molecule has 0 aliphatic carbocycles. The molecule has 148 valence electrons. The fraction of sp³-hybridized carbons (Fsp3) is 0.278. The minimum Gasteiger partial charge on any atom is -0.391 e. The van der Waals surface area contributed by atoms with Gasteiger partial charge in [0.05, 0.1) is 45.9 Å². The van der Waals surface area contributed by atoms with Crippen molar-refractivity contribution in [3.05, 3.63) is 51.9 Å². The van der Waals surface area contributed by atoms with Crippen molar-refractivity contribution in [3.63, 3.8) is 0 Å². The first kappa shape index (κ1) is 20.8. The number of aliphatic hydroxyl groups excluding tert-OH is 1. The van der Waals surface area contributed by atoms with Crippen molar-refractivity contribution >= 4 is 40.8 Å². The third-order valence-electron chi connectivity index (χ3n) is 3.92. The Hall–Kier alpha value is -1.90. The number of halogens is 3. The van der Waals surface area contributed by atoms with Crippen LogP contribution in [-0.2, 0) is 4.74 Å². The van der Waals surface area contributed by atoms with Crippen molar-refractivity contribution in [3.8, 4) is 16.9 Å². The van der Waals surface area contributed by atoms with Crippen LogP contribution in [-0.4, -0.2) is 44.2 Å². The van der Waals surface area contributed by atoms with Gasteiger partial charge in [-0.05, 0) is 25.0 Å². The first-order valence-electron chi connectivity index (χ1n) is 8.49. The maximum atomic E-state index is 8.78. The van der Waals surface area contributed by atoms with E-state index in [2.05, 4.69) is 15.1 Å². The summed E-state index contributed by atoms with van der Waals surface area (Å²) in [5.74, 6) is 0.137. The molecule has 1 unspecified atom stereocenters. The molecule has 7 nitrogen and oxygen atoms in total. The van der Waals surface area contributed by atoms with Crippen LogP contribution in [0, 0.1) is 0 Å². The molecule has 0 spiro atoms. The fourth-order valence-corrected chi connectivity index (χ4v) is 3.35. The Kier molecular flexibility index (Phi) is 7.09. The monoisotopic (exact) mass is 441 g/mol. The van der Waals surface area contributed by atoms with Crippen molar-refractivity contribution in [1.82, 2.24) is 19.7 Å². The first-order valence-corrected chi connectivity index (χ1v) is 9.62. The molecule has 1 atom stereocenters. The maximum absolute atomic E-state index is 8.78. The van der Waals surface area contributed by atoms with Gasteiger partial charge >= 0.3 is 0 Å². The number of aliphatic hydroxyl groups is 1. The number of anilines is 1. The van der Waals surface area contributed by atoms with Crippen molar-refractivity contribution in [2.75, 3.05) is 18.9 Å². The summed E-state index contributed by atoms with van der Waals surface area (Å²) in [6.45, 7) is 1.37. The number of rotatable bonds is 2. The van der Waals surface area contributed by atoms with Gasteiger partial charge in [0.15, 0.2) is 0 Å². The summed E-state index contributed by atoms with van der Waals surface area (Å²) >= 11 is 18.4. The molecule has 0 bridgehead atoms. The first-order chi connectivity index (χ1) is 13.5. The van der Waals surface area contributed by atoms with E-state index in [9.17, 15) is 0 Å². The van der Waals surface area contributed by atoms with Gasteiger partial charge in [0.25, 0.3) is 0 Å². The molecule has 3 aromatic rings. The Morgan fingerprint density at radius 1 is 1.14 bits per heavy atom. The summed E-state index contributed by atoms with van der Waals surface area (Å²) in [5, 5.41) is 14.4. The Balaban J connectivity index is 0.000000271. The maximum Gasteiger partial charge on any atom is 0.220 e. The molecular formula is C18H18Cl3N5O2. The summed E-state index contributed by atoms with van der Waals surface area (Å²) < 4.78 is 6.50. The summed E-state index contributed by atoms with van der Waals surface area (Å²) in [7, 11) is 0. The lowest BCUT2D eigenvalue weighted by Gasteiger charge is -2.15. The summed E-state index contributed by atoms with van der Waals surface area (Å²) in [5.41, 5.74) is 7.35. The zero-order valence-corrected chi connectivity index (χ0v) is 17.0. The second-order valence-electron chi connectivity index (χ2n) is 6.04. The predicted octanol–water partition coefficient (Wildman–Crippen LogP) is 4.03. The van der Waals surface area contributed by atoms with Gasteiger partial charge in [0.1, 0.15) is 5.69 Å². The molecule has 1 aliphatic heterocycles. The van der Waals surface area contributed by atoms with E-state index in [4.69, 9.17) is 50.4 Å². The average molecular weight is 443 g/mol. The lowest BCUT2D eigenvalue weighted by atomic mass is 10.2. The largest absolute Gasteiger partial charge is 0.391 e. The Morgan fingerprint density at radius 3 is 2.50 bits per heavy atom. The van der Waals surface area contributed by atoms with Crippen molar-refractivity contribution < 1.29 is 9.84 Å². The van der Waals surface area contributed by atoms with Crippen LogP contribution in [0.25, 0.3) is 16.9 Å². The number of aromatic nitrogens is 4. The zero-order valence-electron chi connectivity index (χ0n) is 14.7. The molecule has 1 aliphatic rings. The van der Waals surface area contributed by atoms with Crippen molar-refractivity contribution in [1.29, 1.82) is 0 Å². The number of benzene rings is 1. The van der Waals surface area contributed by atoms with E-state index >= 15 is 0 Å². The second-order valence-corrected chi connectivity index (χ2v) is 7.26. The highest BCUT2D eigenvalue weighted by Gasteiger charge is 2.13. The number of para-hydroxylation sites is 1. The highest BCUT2D eigenvalue weighted by molar-refractivity contribution is 6.37. The Labute approximate surface area is 177 Å². The van der Waals surface area contributed by atoms with Gasteiger partial charge in [-0.25, -0.2) is 14.6 Å². The smallest absolute Gasteiger partial charge is 0.220 e. The SMILES string of the molecule is Nc1ncc(Cl)c(-c2cnn(-c3c(Cl)cccc3Cl)c2)n1.OC1CCCOC1. The molecule has 0 radical (unpaired) electrons. The molecule has 3 N–H and O–H groups in total. The number of ether oxygens (including phenoxy) is 1. The van der Waals surface area contributed by atoms with Crippen LogP contribution < -0.4 is 5.73 Å². The van der Waals surface area contributed by atoms with Gasteiger partial charge in [-0.2, -0.15) is 5.10 Å². The summed E-state index contributed by atoms with van der Waals surface area (Å²) in [6.07, 6.45) is 6.52. The molecule has 10 heteroatoms. The van der Waals surface area contributed by atoms with Crippen molar-refractivity contribution in [2.24, 2.45) is 0 Å². The second kappa shape index (κ2) is 9.54. The molecular weight excluding hydrogens is 425 g/mol. The van der Waals surface area contributed by atoms with Crippen LogP contribution in [0.15, 0.2) is 36.8 Å². The van der Waals surface area contributed by atoms with Gasteiger partial charge < -0.3 is 15.6 Å². The van der Waals surface area contributed by atoms with Crippen LogP contribution >= 0.6 is 34.8 Å². The van der Waals surface area contributed by atoms with Gasteiger partial charge in [0.2, 0.25) is 5.95 Å². The summed E-state index contributed by atoms with van der Waals surface area (Å²) in [6, 6.07) is 5.24. The quantitative estimate of drug-likeness (QED) is 0.621. The lowest BCUT2D eigenvalue weighted by Crippen LogP contribution is -2.21. The number of nitrogen functional groups attached to an aromatic ring is 1. The normalized spacial score (nSPS) is 16.4. The van der Waals surface area contributed by atoms with Gasteiger partial charge in [-0.3, -0.25) is 0 Å². The van der Waals surface area contributed by atoms with Crippen LogP contribution in [0.5, 0.6) is 0 Å². The minimum absolute atomic E-state index is 0.137. The van der Waals surface area contributed by atoms with Gasteiger partial charge in [-0.15, -0.1) is 0 Å². The number of hydrogen-bond acceptors (Lipinski definition) is 6. The number of nitrogens with zero attached hydrogens (tertiary/aromatic N) is 4. The average Bonchev–Trinajstić information content (AvgIpc) is 3.14. The van der Waals surface area contributed by atoms with E-state index in [0.717, 1.165) is 19.4 Å². The van der Waals surface area contributed by atoms with Crippen LogP contribution in [0.1, 0.15) is 12.8 Å². The standard InChI is InChI=1S/C13H8Cl3N5.C5H10O2/c14-8-2-1-3-9(15)12(8)21-6-7(4-19-21)11-10(16)5-18-13(17)20-11;6-5-2-1-3-7-4-5/h1-6H,(H2,17,18,20);5-6H,1-4H2. The van der Waals surface area contributed by atoms with Crippen LogP contribution in [0.4, 0.5) is 5.95 Å². The third-order valence-corrected chi connectivity index (χ3v) is 4.81. The molecule has 1 saturated heterocycles. The third kappa shape index (κ3) is 5.12. The van der Waals surface area contributed by atoms with E-state index in [1.54, 1.807) is 35.3 Å². The molecule has 1 fully saturated rings. The lowest BCUT2D eigenvalue weighted by molar-refractivity contribution is -0.00535. The van der Waals surface area contributed by atoms with Crippen LogP contribution in [0.2, 0.25) is 15.1 Å². The van der Waals surface area contributed by atoms with E-state index in [0.29, 0.717) is 38.6 Å². The Bertz CT molecular complexity index is 924. The molecule has 1 aromatic carbocycles. The highest BCUT2D eigenvalue weighted by Crippen LogP contribution is 2.30. The molecule has 0 amide bonds. The summed E-state index contributed by atoms with van der Waals surface area (Å²) in [4.78, 5) is 7.93. The van der Waals surface area contributed by atoms with Gasteiger partial charge in [-0.1, -0.05) is 40.9 Å². The van der Waals surface area contributed by atoms with Gasteiger partial charge in [0, 0.05) is 18.4 Å². The minimum atomic E-state index is -0.186. The van der Waals surface area contributed by atoms with E-state index < -0.39 is 0 Å². The Morgan fingerprint density at radius 2 is 1.89 bits per heavy atom. The highest BCUT2D eigenvalue weighted by atomic mass is 35.5. The molecule has 3 heterocycles.